The van der Waals surface area contributed by atoms with E-state index in [-0.39, 0.29) is 0 Å². The van der Waals surface area contributed by atoms with E-state index in [1.807, 2.05) is 11.8 Å². The monoisotopic (exact) mass is 402 g/mol. The van der Waals surface area contributed by atoms with Crippen LogP contribution in [0.2, 0.25) is 0 Å². The van der Waals surface area contributed by atoms with Crippen LogP contribution in [0.4, 0.5) is 0 Å². The van der Waals surface area contributed by atoms with Crippen molar-refractivity contribution in [2.24, 2.45) is 0 Å². The van der Waals surface area contributed by atoms with Gasteiger partial charge in [-0.2, -0.15) is 0 Å². The zero-order valence-electron chi connectivity index (χ0n) is 18.5. The zero-order chi connectivity index (χ0) is 20.1. The van der Waals surface area contributed by atoms with Crippen LogP contribution in [-0.4, -0.2) is 92.9 Å². The summed E-state index contributed by atoms with van der Waals surface area (Å²) in [5.74, 6) is 3.58. The minimum absolute atomic E-state index is 0.939. The van der Waals surface area contributed by atoms with Gasteiger partial charge in [0.2, 0.25) is 0 Å². The minimum atomic E-state index is 0.939. The Labute approximate surface area is 172 Å². The Balaban J connectivity index is 5.65. The number of thioether (sulfide) groups is 1. The van der Waals surface area contributed by atoms with Crippen molar-refractivity contribution < 1.29 is 9.15 Å². The Morgan fingerprint density at radius 2 is 1.12 bits per heavy atom. The second-order valence-corrected chi connectivity index (χ2v) is 7.66. The molecule has 0 unspecified atom stereocenters. The summed E-state index contributed by atoms with van der Waals surface area (Å²) in [6.45, 7) is 25.9. The van der Waals surface area contributed by atoms with E-state index < -0.39 is 0 Å². The number of hydrogen-bond acceptors (Lipinski definition) is 2. The highest BCUT2D eigenvalue weighted by Crippen LogP contribution is 2.12. The van der Waals surface area contributed by atoms with Gasteiger partial charge in [0.15, 0.2) is 4.20 Å². The molecule has 0 spiro atoms. The molecule has 0 N–H and O–H groups in total. The Kier molecular flexibility index (Phi) is 14.1. The van der Waals surface area contributed by atoms with Crippen LogP contribution >= 0.6 is 24.0 Å². The molecule has 0 aromatic carbocycles. The van der Waals surface area contributed by atoms with Crippen molar-refractivity contribution in [2.75, 3.05) is 58.1 Å². The Morgan fingerprint density at radius 1 is 0.692 bits per heavy atom. The standard InChI is InChI=1S/C20H42N4S2/c1-9-21(10-2)18(22(11-3)12-4)17-26-20(25)19(23(13-5)14-6)24(15-7)16-8/h9-17H2,1-8H3/q+2. The highest BCUT2D eigenvalue weighted by Gasteiger charge is 2.27. The van der Waals surface area contributed by atoms with Crippen molar-refractivity contribution in [1.82, 2.24) is 9.80 Å². The minimum Gasteiger partial charge on any atom is -0.266 e. The molecule has 26 heavy (non-hydrogen) atoms. The lowest BCUT2D eigenvalue weighted by atomic mass is 10.4. The summed E-state index contributed by atoms with van der Waals surface area (Å²) in [6, 6.07) is 0. The maximum Gasteiger partial charge on any atom is 0.296 e. The van der Waals surface area contributed by atoms with Gasteiger partial charge in [0.05, 0.1) is 52.4 Å². The molecule has 0 aromatic heterocycles. The average molecular weight is 403 g/mol. The van der Waals surface area contributed by atoms with E-state index in [2.05, 4.69) is 74.3 Å². The van der Waals surface area contributed by atoms with Gasteiger partial charge < -0.3 is 0 Å². The van der Waals surface area contributed by atoms with Crippen LogP contribution in [-0.2, 0) is 0 Å². The molecular weight excluding hydrogens is 360 g/mol. The van der Waals surface area contributed by atoms with Crippen LogP contribution in [0, 0.1) is 0 Å². The van der Waals surface area contributed by atoms with Crippen molar-refractivity contribution in [1.29, 1.82) is 0 Å². The number of amidine groups is 2. The van der Waals surface area contributed by atoms with Crippen LogP contribution in [0.5, 0.6) is 0 Å². The van der Waals surface area contributed by atoms with Crippen LogP contribution in [0.25, 0.3) is 0 Å². The molecule has 0 saturated carbocycles. The van der Waals surface area contributed by atoms with Gasteiger partial charge in [0.25, 0.3) is 11.7 Å². The predicted molar refractivity (Wildman–Crippen MR) is 124 cm³/mol. The highest BCUT2D eigenvalue weighted by atomic mass is 32.2. The molecule has 0 fully saturated rings. The molecule has 0 atom stereocenters. The summed E-state index contributed by atoms with van der Waals surface area (Å²) in [5, 5.41) is 0. The summed E-state index contributed by atoms with van der Waals surface area (Å²) in [7, 11) is 0. The summed E-state index contributed by atoms with van der Waals surface area (Å²) in [4.78, 5) is 4.87. The third-order valence-corrected chi connectivity index (χ3v) is 6.28. The van der Waals surface area contributed by atoms with E-state index in [1.165, 1.54) is 11.7 Å². The first-order valence-corrected chi connectivity index (χ1v) is 11.8. The molecule has 0 bridgehead atoms. The molecule has 0 aliphatic rings. The fourth-order valence-corrected chi connectivity index (χ4v) is 4.71. The van der Waals surface area contributed by atoms with E-state index in [0.717, 1.165) is 62.3 Å². The lowest BCUT2D eigenvalue weighted by Crippen LogP contribution is -2.43. The summed E-state index contributed by atoms with van der Waals surface area (Å²) >= 11 is 7.74. The first kappa shape index (κ1) is 25.4. The largest absolute Gasteiger partial charge is 0.296 e. The van der Waals surface area contributed by atoms with E-state index >= 15 is 0 Å². The van der Waals surface area contributed by atoms with E-state index in [4.69, 9.17) is 12.2 Å². The van der Waals surface area contributed by atoms with Crippen molar-refractivity contribution >= 4 is 39.8 Å². The van der Waals surface area contributed by atoms with Gasteiger partial charge >= 0.3 is 0 Å². The third-order valence-electron chi connectivity index (χ3n) is 4.90. The first-order valence-electron chi connectivity index (χ1n) is 10.4. The Bertz CT molecular complexity index is 466. The lowest BCUT2D eigenvalue weighted by Gasteiger charge is -2.22. The smallest absolute Gasteiger partial charge is 0.266 e. The maximum atomic E-state index is 5.92. The Hall–Kier alpha value is -0.620. The van der Waals surface area contributed by atoms with Gasteiger partial charge in [-0.25, -0.2) is 0 Å². The summed E-state index contributed by atoms with van der Waals surface area (Å²) in [5.41, 5.74) is 0. The zero-order valence-corrected chi connectivity index (χ0v) is 20.1. The van der Waals surface area contributed by atoms with E-state index in [0.29, 0.717) is 0 Å². The highest BCUT2D eigenvalue weighted by molar-refractivity contribution is 8.25. The molecule has 0 aromatic rings. The molecule has 0 aliphatic heterocycles. The van der Waals surface area contributed by atoms with Gasteiger partial charge in [0, 0.05) is 0 Å². The van der Waals surface area contributed by atoms with Gasteiger partial charge in [0.1, 0.15) is 5.75 Å². The molecular formula is C20H42N4S2+2. The van der Waals surface area contributed by atoms with E-state index in [1.54, 1.807) is 0 Å². The van der Waals surface area contributed by atoms with Gasteiger partial charge in [-0.3, -0.25) is 19.0 Å². The summed E-state index contributed by atoms with van der Waals surface area (Å²) < 4.78 is 5.89. The second kappa shape index (κ2) is 14.4. The number of rotatable bonds is 10. The fraction of sp³-hybridized carbons (Fsp3) is 0.850. The predicted octanol–water partition coefficient (Wildman–Crippen LogP) is 3.63. The van der Waals surface area contributed by atoms with Crippen molar-refractivity contribution in [3.05, 3.63) is 0 Å². The topological polar surface area (TPSA) is 12.5 Å². The molecule has 4 nitrogen and oxygen atoms in total. The second-order valence-electron chi connectivity index (χ2n) is 6.01. The average Bonchev–Trinajstić information content (AvgIpc) is 2.67. The molecule has 0 aliphatic carbocycles. The SMILES string of the molecule is CCN(CC)C(CSC(=S)C(N(CC)CC)=[N+](CC)CC)=[N+](CC)CC. The van der Waals surface area contributed by atoms with Crippen LogP contribution in [0.15, 0.2) is 0 Å². The van der Waals surface area contributed by atoms with Gasteiger partial charge in [-0.15, -0.1) is 0 Å². The molecule has 0 amide bonds. The van der Waals surface area contributed by atoms with Gasteiger partial charge in [-0.1, -0.05) is 24.0 Å². The van der Waals surface area contributed by atoms with Gasteiger partial charge in [-0.05, 0) is 55.4 Å². The Morgan fingerprint density at radius 3 is 1.46 bits per heavy atom. The number of thiocarbonyl (C=S) groups is 1. The van der Waals surface area contributed by atoms with Crippen molar-refractivity contribution in [2.45, 2.75) is 55.4 Å². The van der Waals surface area contributed by atoms with Crippen LogP contribution < -0.4 is 0 Å². The molecule has 0 radical (unpaired) electrons. The molecule has 0 saturated heterocycles. The number of nitrogens with zero attached hydrogens (tertiary/aromatic N) is 4. The maximum absolute atomic E-state index is 5.92. The molecule has 0 heterocycles. The quantitative estimate of drug-likeness (QED) is 0.239. The first-order chi connectivity index (χ1) is 12.5. The molecule has 152 valence electrons. The third kappa shape index (κ3) is 7.18. The fourth-order valence-electron chi connectivity index (χ4n) is 3.26. The van der Waals surface area contributed by atoms with Crippen molar-refractivity contribution in [3.63, 3.8) is 0 Å². The van der Waals surface area contributed by atoms with Crippen molar-refractivity contribution in [3.8, 4) is 0 Å². The number of hydrogen-bond donors (Lipinski definition) is 0. The van der Waals surface area contributed by atoms with Crippen LogP contribution in [0.1, 0.15) is 55.4 Å². The summed E-state index contributed by atoms with van der Waals surface area (Å²) in [6.07, 6.45) is 0. The molecule has 6 heteroatoms. The van der Waals surface area contributed by atoms with Crippen LogP contribution in [0.3, 0.4) is 0 Å². The molecule has 0 rings (SSSR count). The lowest BCUT2D eigenvalue weighted by molar-refractivity contribution is -0.525. The normalized spacial score (nSPS) is 10.5. The van der Waals surface area contributed by atoms with E-state index in [9.17, 15) is 0 Å².